The van der Waals surface area contributed by atoms with E-state index in [1.54, 1.807) is 0 Å². The van der Waals surface area contributed by atoms with Crippen LogP contribution >= 0.6 is 0 Å². The summed E-state index contributed by atoms with van der Waals surface area (Å²) >= 11 is 0. The topological polar surface area (TPSA) is 78.4 Å². The molecule has 1 aliphatic rings. The quantitative estimate of drug-likeness (QED) is 0.623. The van der Waals surface area contributed by atoms with Crippen molar-refractivity contribution in [2.75, 3.05) is 6.54 Å². The molecule has 2 unspecified atom stereocenters. The van der Waals surface area contributed by atoms with Gasteiger partial charge in [-0.2, -0.15) is 0 Å². The lowest BCUT2D eigenvalue weighted by molar-refractivity contribution is -0.141. The summed E-state index contributed by atoms with van der Waals surface area (Å²) in [4.78, 5) is 22.2. The minimum atomic E-state index is -1.00. The van der Waals surface area contributed by atoms with Gasteiger partial charge in [-0.1, -0.05) is 12.8 Å². The van der Waals surface area contributed by atoms with E-state index in [1.165, 1.54) is 6.92 Å². The number of carboxylic acids is 1. The molecule has 1 rings (SSSR count). The molecule has 0 aromatic heterocycles. The van der Waals surface area contributed by atoms with Crippen molar-refractivity contribution in [2.45, 2.75) is 44.7 Å². The van der Waals surface area contributed by atoms with Gasteiger partial charge in [-0.05, 0) is 26.3 Å². The molecule has 0 saturated carbocycles. The zero-order chi connectivity index (χ0) is 11.3. The molecule has 2 atom stereocenters. The van der Waals surface area contributed by atoms with Crippen LogP contribution in [-0.4, -0.2) is 35.6 Å². The number of amides is 1. The number of carbonyl (C=O) groups excluding carboxylic acids is 1. The first-order valence-electron chi connectivity index (χ1n) is 5.38. The summed E-state index contributed by atoms with van der Waals surface area (Å²) in [6, 6.07) is -1.04. The molecular formula is C10H18N2O3. The summed E-state index contributed by atoms with van der Waals surface area (Å²) in [6.07, 6.45) is 4.02. The van der Waals surface area contributed by atoms with Crippen molar-refractivity contribution in [3.63, 3.8) is 0 Å². The Bertz CT molecular complexity index is 235. The van der Waals surface area contributed by atoms with Crippen LogP contribution in [0.1, 0.15) is 32.6 Å². The van der Waals surface area contributed by atoms with Gasteiger partial charge in [0.05, 0.1) is 6.04 Å². The zero-order valence-corrected chi connectivity index (χ0v) is 8.95. The van der Waals surface area contributed by atoms with Crippen LogP contribution in [0.2, 0.25) is 0 Å². The molecule has 1 saturated heterocycles. The lowest BCUT2D eigenvalue weighted by Gasteiger charge is -2.17. The predicted octanol–water partition coefficient (Wildman–Crippen LogP) is 0.108. The second kappa shape index (κ2) is 5.70. The number of aliphatic carboxylic acids is 1. The van der Waals surface area contributed by atoms with Crippen LogP contribution in [0.5, 0.6) is 0 Å². The van der Waals surface area contributed by atoms with Gasteiger partial charge >= 0.3 is 5.97 Å². The van der Waals surface area contributed by atoms with Crippen LogP contribution in [0.15, 0.2) is 0 Å². The number of nitrogens with one attached hydrogen (secondary N) is 2. The maximum atomic E-state index is 11.6. The molecular weight excluding hydrogens is 196 g/mol. The van der Waals surface area contributed by atoms with Gasteiger partial charge in [0.2, 0.25) is 5.91 Å². The Morgan fingerprint density at radius 2 is 2.13 bits per heavy atom. The first-order chi connectivity index (χ1) is 7.11. The lowest BCUT2D eigenvalue weighted by atomic mass is 10.1. The highest BCUT2D eigenvalue weighted by molar-refractivity contribution is 5.86. The zero-order valence-electron chi connectivity index (χ0n) is 8.95. The van der Waals surface area contributed by atoms with Crippen LogP contribution < -0.4 is 10.6 Å². The van der Waals surface area contributed by atoms with Crippen LogP contribution in [0.3, 0.4) is 0 Å². The maximum absolute atomic E-state index is 11.6. The standard InChI is InChI=1S/C10H18N2O3/c1-7(10(14)15)12-9(13)8-5-3-2-4-6-11-8/h7-8,11H,2-6H2,1H3,(H,12,13)(H,14,15). The van der Waals surface area contributed by atoms with Crippen LogP contribution in [0.4, 0.5) is 0 Å². The van der Waals surface area contributed by atoms with Gasteiger partial charge in [-0.3, -0.25) is 9.59 Å². The lowest BCUT2D eigenvalue weighted by Crippen LogP contribution is -2.48. The number of carboxylic acid groups (broad SMARTS) is 1. The summed E-state index contributed by atoms with van der Waals surface area (Å²) in [5.41, 5.74) is 0. The van der Waals surface area contributed by atoms with Gasteiger partial charge in [0, 0.05) is 0 Å². The Labute approximate surface area is 89.2 Å². The van der Waals surface area contributed by atoms with Gasteiger partial charge < -0.3 is 15.7 Å². The predicted molar refractivity (Wildman–Crippen MR) is 55.5 cm³/mol. The van der Waals surface area contributed by atoms with E-state index in [1.807, 2.05) is 0 Å². The first kappa shape index (κ1) is 12.0. The molecule has 1 heterocycles. The van der Waals surface area contributed by atoms with Crippen LogP contribution in [-0.2, 0) is 9.59 Å². The maximum Gasteiger partial charge on any atom is 0.325 e. The van der Waals surface area contributed by atoms with Crippen molar-refractivity contribution < 1.29 is 14.7 Å². The third-order valence-electron chi connectivity index (χ3n) is 2.61. The van der Waals surface area contributed by atoms with E-state index in [4.69, 9.17) is 5.11 Å². The second-order valence-corrected chi connectivity index (χ2v) is 3.92. The highest BCUT2D eigenvalue weighted by Gasteiger charge is 2.22. The summed E-state index contributed by atoms with van der Waals surface area (Å²) in [5, 5.41) is 14.2. The van der Waals surface area contributed by atoms with E-state index < -0.39 is 12.0 Å². The molecule has 86 valence electrons. The summed E-state index contributed by atoms with van der Waals surface area (Å²) in [6.45, 7) is 2.30. The second-order valence-electron chi connectivity index (χ2n) is 3.92. The molecule has 1 fully saturated rings. The molecule has 0 spiro atoms. The normalized spacial score (nSPS) is 23.9. The summed E-state index contributed by atoms with van der Waals surface area (Å²) in [5.74, 6) is -1.20. The molecule has 0 bridgehead atoms. The van der Waals surface area contributed by atoms with Crippen LogP contribution in [0, 0.1) is 0 Å². The van der Waals surface area contributed by atoms with Gasteiger partial charge in [-0.25, -0.2) is 0 Å². The SMILES string of the molecule is CC(NC(=O)C1CCCCCN1)C(=O)O. The van der Waals surface area contributed by atoms with E-state index in [0.717, 1.165) is 32.2 Å². The number of hydrogen-bond acceptors (Lipinski definition) is 3. The van der Waals surface area contributed by atoms with Crippen LogP contribution in [0.25, 0.3) is 0 Å². The van der Waals surface area contributed by atoms with Gasteiger partial charge in [0.1, 0.15) is 6.04 Å². The molecule has 3 N–H and O–H groups in total. The Balaban J connectivity index is 2.41. The average Bonchev–Trinajstić information content (AvgIpc) is 2.45. The fourth-order valence-corrected chi connectivity index (χ4v) is 1.63. The van der Waals surface area contributed by atoms with E-state index in [-0.39, 0.29) is 11.9 Å². The fraction of sp³-hybridized carbons (Fsp3) is 0.800. The van der Waals surface area contributed by atoms with Crippen molar-refractivity contribution >= 4 is 11.9 Å². The Hall–Kier alpha value is -1.10. The van der Waals surface area contributed by atoms with Gasteiger partial charge in [-0.15, -0.1) is 0 Å². The molecule has 0 aromatic rings. The van der Waals surface area contributed by atoms with E-state index in [9.17, 15) is 9.59 Å². The minimum absolute atomic E-state index is 0.202. The molecule has 5 nitrogen and oxygen atoms in total. The molecule has 1 aliphatic heterocycles. The Morgan fingerprint density at radius 1 is 1.40 bits per heavy atom. The first-order valence-corrected chi connectivity index (χ1v) is 5.38. The monoisotopic (exact) mass is 214 g/mol. The third kappa shape index (κ3) is 3.87. The molecule has 0 radical (unpaired) electrons. The fourth-order valence-electron chi connectivity index (χ4n) is 1.63. The Kier molecular flexibility index (Phi) is 4.55. The third-order valence-corrected chi connectivity index (χ3v) is 2.61. The van der Waals surface area contributed by atoms with Crippen molar-refractivity contribution in [2.24, 2.45) is 0 Å². The minimum Gasteiger partial charge on any atom is -0.480 e. The molecule has 0 aliphatic carbocycles. The van der Waals surface area contributed by atoms with E-state index in [0.29, 0.717) is 0 Å². The largest absolute Gasteiger partial charge is 0.480 e. The average molecular weight is 214 g/mol. The number of rotatable bonds is 3. The number of hydrogen-bond donors (Lipinski definition) is 3. The highest BCUT2D eigenvalue weighted by Crippen LogP contribution is 2.08. The Morgan fingerprint density at radius 3 is 2.80 bits per heavy atom. The molecule has 5 heteroatoms. The van der Waals surface area contributed by atoms with Gasteiger partial charge in [0.15, 0.2) is 0 Å². The van der Waals surface area contributed by atoms with Gasteiger partial charge in [0.25, 0.3) is 0 Å². The van der Waals surface area contributed by atoms with Crippen molar-refractivity contribution in [1.29, 1.82) is 0 Å². The summed E-state index contributed by atoms with van der Waals surface area (Å²) in [7, 11) is 0. The molecule has 0 aromatic carbocycles. The van der Waals surface area contributed by atoms with Crippen molar-refractivity contribution in [3.8, 4) is 0 Å². The van der Waals surface area contributed by atoms with Crippen molar-refractivity contribution in [1.82, 2.24) is 10.6 Å². The smallest absolute Gasteiger partial charge is 0.325 e. The van der Waals surface area contributed by atoms with Crippen molar-refractivity contribution in [3.05, 3.63) is 0 Å². The molecule has 15 heavy (non-hydrogen) atoms. The van der Waals surface area contributed by atoms with E-state index in [2.05, 4.69) is 10.6 Å². The number of carbonyl (C=O) groups is 2. The summed E-state index contributed by atoms with van der Waals surface area (Å²) < 4.78 is 0. The molecule has 1 amide bonds. The van der Waals surface area contributed by atoms with E-state index >= 15 is 0 Å². The highest BCUT2D eigenvalue weighted by atomic mass is 16.4.